The molecule has 0 bridgehead atoms. The molecule has 0 atom stereocenters. The van der Waals surface area contributed by atoms with Gasteiger partial charge in [-0.15, -0.1) is 0 Å². The van der Waals surface area contributed by atoms with E-state index in [1.807, 2.05) is 48.7 Å². The number of benzene rings is 5. The SMILES string of the molecule is c1ccc(-c2cc(-c3ccc(-c4ccc(-c5ccc(-c6cccnc6)cc5)cc4)cc3)nc(-c3ccccc3)n2)cc1. The zero-order valence-electron chi connectivity index (χ0n) is 22.9. The van der Waals surface area contributed by atoms with E-state index in [-0.39, 0.29) is 0 Å². The van der Waals surface area contributed by atoms with Crippen LogP contribution in [0.5, 0.6) is 0 Å². The number of rotatable bonds is 6. The molecule has 5 aromatic carbocycles. The minimum absolute atomic E-state index is 0.722. The Morgan fingerprint density at radius 3 is 1.14 bits per heavy atom. The average Bonchev–Trinajstić information content (AvgIpc) is 3.09. The van der Waals surface area contributed by atoms with Crippen molar-refractivity contribution in [1.29, 1.82) is 0 Å². The lowest BCUT2D eigenvalue weighted by Crippen LogP contribution is -1.95. The van der Waals surface area contributed by atoms with Gasteiger partial charge in [-0.3, -0.25) is 4.98 Å². The van der Waals surface area contributed by atoms with Crippen molar-refractivity contribution >= 4 is 0 Å². The van der Waals surface area contributed by atoms with Gasteiger partial charge in [-0.05, 0) is 45.5 Å². The van der Waals surface area contributed by atoms with Crippen LogP contribution < -0.4 is 0 Å². The second-order valence-corrected chi connectivity index (χ2v) is 10.2. The summed E-state index contributed by atoms with van der Waals surface area (Å²) in [5, 5.41) is 0. The van der Waals surface area contributed by atoms with Crippen molar-refractivity contribution in [1.82, 2.24) is 15.0 Å². The molecule has 0 amide bonds. The topological polar surface area (TPSA) is 38.7 Å². The zero-order chi connectivity index (χ0) is 28.1. The molecule has 0 saturated heterocycles. The lowest BCUT2D eigenvalue weighted by Gasteiger charge is -2.10. The van der Waals surface area contributed by atoms with E-state index in [0.29, 0.717) is 0 Å². The predicted octanol–water partition coefficient (Wildman–Crippen LogP) is 9.87. The van der Waals surface area contributed by atoms with E-state index in [1.165, 1.54) is 22.3 Å². The lowest BCUT2D eigenvalue weighted by molar-refractivity contribution is 1.18. The molecule has 3 nitrogen and oxygen atoms in total. The lowest BCUT2D eigenvalue weighted by atomic mass is 9.97. The first-order chi connectivity index (χ1) is 20.8. The Bertz CT molecular complexity index is 1860. The Kier molecular flexibility index (Phi) is 6.89. The molecule has 0 spiro atoms. The molecule has 0 aliphatic carbocycles. The van der Waals surface area contributed by atoms with Crippen molar-refractivity contribution in [3.63, 3.8) is 0 Å². The number of nitrogens with zero attached hydrogens (tertiary/aromatic N) is 3. The van der Waals surface area contributed by atoms with Crippen LogP contribution in [0, 0.1) is 0 Å². The van der Waals surface area contributed by atoms with Crippen LogP contribution in [0.3, 0.4) is 0 Å². The molecule has 42 heavy (non-hydrogen) atoms. The van der Waals surface area contributed by atoms with Crippen LogP contribution >= 0.6 is 0 Å². The first-order valence-corrected chi connectivity index (χ1v) is 14.0. The van der Waals surface area contributed by atoms with Crippen LogP contribution in [0.4, 0.5) is 0 Å². The summed E-state index contributed by atoms with van der Waals surface area (Å²) in [4.78, 5) is 14.1. The summed E-state index contributed by atoms with van der Waals surface area (Å²) in [6.45, 7) is 0. The third-order valence-corrected chi connectivity index (χ3v) is 7.44. The van der Waals surface area contributed by atoms with Crippen molar-refractivity contribution in [2.75, 3.05) is 0 Å². The maximum absolute atomic E-state index is 4.96. The highest BCUT2D eigenvalue weighted by atomic mass is 14.9. The first-order valence-electron chi connectivity index (χ1n) is 14.0. The third-order valence-electron chi connectivity index (χ3n) is 7.44. The van der Waals surface area contributed by atoms with Crippen LogP contribution in [0.2, 0.25) is 0 Å². The van der Waals surface area contributed by atoms with E-state index in [2.05, 4.69) is 114 Å². The Hall–Kier alpha value is -5.67. The Labute approximate surface area is 245 Å². The van der Waals surface area contributed by atoms with E-state index in [9.17, 15) is 0 Å². The van der Waals surface area contributed by atoms with Gasteiger partial charge < -0.3 is 0 Å². The van der Waals surface area contributed by atoms with Crippen molar-refractivity contribution < 1.29 is 0 Å². The van der Waals surface area contributed by atoms with Gasteiger partial charge in [0.05, 0.1) is 11.4 Å². The maximum atomic E-state index is 4.96. The Morgan fingerprint density at radius 1 is 0.310 bits per heavy atom. The minimum Gasteiger partial charge on any atom is -0.264 e. The van der Waals surface area contributed by atoms with Crippen molar-refractivity contribution in [3.05, 3.63) is 164 Å². The predicted molar refractivity (Wildman–Crippen MR) is 172 cm³/mol. The summed E-state index contributed by atoms with van der Waals surface area (Å²) in [7, 11) is 0. The largest absolute Gasteiger partial charge is 0.264 e. The molecule has 2 heterocycles. The molecule has 7 rings (SSSR count). The highest BCUT2D eigenvalue weighted by molar-refractivity contribution is 5.76. The molecule has 7 aromatic rings. The molecule has 0 aliphatic rings. The number of hydrogen-bond acceptors (Lipinski definition) is 3. The quantitative estimate of drug-likeness (QED) is 0.212. The van der Waals surface area contributed by atoms with E-state index in [0.717, 1.165) is 45.0 Å². The molecule has 0 N–H and O–H groups in total. The van der Waals surface area contributed by atoms with Gasteiger partial charge in [0, 0.05) is 29.1 Å². The fourth-order valence-corrected chi connectivity index (χ4v) is 5.15. The number of aromatic nitrogens is 3. The second kappa shape index (κ2) is 11.4. The van der Waals surface area contributed by atoms with Crippen LogP contribution in [-0.2, 0) is 0 Å². The van der Waals surface area contributed by atoms with Crippen LogP contribution in [-0.4, -0.2) is 15.0 Å². The standard InChI is InChI=1S/C39H27N3/c1-3-8-33(9-4-1)37-26-38(42-39(41-37)35-10-5-2-6-11-35)34-23-21-31(22-24-34)29-15-13-28(14-16-29)30-17-19-32(20-18-30)36-12-7-25-40-27-36/h1-27H. The molecule has 0 saturated carbocycles. The fraction of sp³-hybridized carbons (Fsp3) is 0. The monoisotopic (exact) mass is 537 g/mol. The summed E-state index contributed by atoms with van der Waals surface area (Å²) in [5.41, 5.74) is 12.0. The summed E-state index contributed by atoms with van der Waals surface area (Å²) < 4.78 is 0. The summed E-state index contributed by atoms with van der Waals surface area (Å²) in [6, 6.07) is 52.5. The number of hydrogen-bond donors (Lipinski definition) is 0. The summed E-state index contributed by atoms with van der Waals surface area (Å²) in [5.74, 6) is 0.722. The maximum Gasteiger partial charge on any atom is 0.160 e. The van der Waals surface area contributed by atoms with Gasteiger partial charge in [-0.1, -0.05) is 140 Å². The minimum atomic E-state index is 0.722. The van der Waals surface area contributed by atoms with Crippen molar-refractivity contribution in [2.45, 2.75) is 0 Å². The van der Waals surface area contributed by atoms with Gasteiger partial charge >= 0.3 is 0 Å². The van der Waals surface area contributed by atoms with Crippen LogP contribution in [0.25, 0.3) is 67.3 Å². The molecule has 0 fully saturated rings. The van der Waals surface area contributed by atoms with Gasteiger partial charge in [-0.2, -0.15) is 0 Å². The second-order valence-electron chi connectivity index (χ2n) is 10.2. The van der Waals surface area contributed by atoms with Gasteiger partial charge in [0.25, 0.3) is 0 Å². The zero-order valence-corrected chi connectivity index (χ0v) is 22.9. The van der Waals surface area contributed by atoms with E-state index in [4.69, 9.17) is 9.97 Å². The van der Waals surface area contributed by atoms with Gasteiger partial charge in [0.2, 0.25) is 0 Å². The highest BCUT2D eigenvalue weighted by Gasteiger charge is 2.11. The Balaban J connectivity index is 1.15. The third kappa shape index (κ3) is 5.36. The molecular weight excluding hydrogens is 510 g/mol. The fourth-order valence-electron chi connectivity index (χ4n) is 5.15. The molecule has 0 unspecified atom stereocenters. The van der Waals surface area contributed by atoms with Crippen LogP contribution in [0.15, 0.2) is 164 Å². The first kappa shape index (κ1) is 25.3. The molecule has 198 valence electrons. The van der Waals surface area contributed by atoms with Gasteiger partial charge in [0.1, 0.15) is 0 Å². The molecular formula is C39H27N3. The van der Waals surface area contributed by atoms with E-state index >= 15 is 0 Å². The molecule has 0 radical (unpaired) electrons. The average molecular weight is 538 g/mol. The number of pyridine rings is 1. The molecule has 3 heteroatoms. The molecule has 2 aromatic heterocycles. The smallest absolute Gasteiger partial charge is 0.160 e. The van der Waals surface area contributed by atoms with E-state index in [1.54, 1.807) is 6.20 Å². The van der Waals surface area contributed by atoms with Crippen molar-refractivity contribution in [2.24, 2.45) is 0 Å². The summed E-state index contributed by atoms with van der Waals surface area (Å²) >= 11 is 0. The highest BCUT2D eigenvalue weighted by Crippen LogP contribution is 2.31. The van der Waals surface area contributed by atoms with E-state index < -0.39 is 0 Å². The Morgan fingerprint density at radius 2 is 0.690 bits per heavy atom. The normalized spacial score (nSPS) is 10.9. The van der Waals surface area contributed by atoms with Crippen molar-refractivity contribution in [3.8, 4) is 67.3 Å². The van der Waals surface area contributed by atoms with Gasteiger partial charge in [-0.25, -0.2) is 9.97 Å². The van der Waals surface area contributed by atoms with Crippen LogP contribution in [0.1, 0.15) is 0 Å². The molecule has 0 aliphatic heterocycles. The summed E-state index contributed by atoms with van der Waals surface area (Å²) in [6.07, 6.45) is 3.69. The van der Waals surface area contributed by atoms with Gasteiger partial charge in [0.15, 0.2) is 5.82 Å².